The van der Waals surface area contributed by atoms with Crippen molar-refractivity contribution in [3.05, 3.63) is 71.3 Å². The molecule has 0 aromatic heterocycles. The molecule has 2 aromatic carbocycles. The molecule has 3 rings (SSSR count). The van der Waals surface area contributed by atoms with E-state index in [2.05, 4.69) is 17.4 Å². The Morgan fingerprint density at radius 1 is 1.05 bits per heavy atom. The van der Waals surface area contributed by atoms with Gasteiger partial charge in [-0.15, -0.1) is 0 Å². The average molecular weight is 287 g/mol. The van der Waals surface area contributed by atoms with E-state index in [1.165, 1.54) is 31.0 Å². The SMILES string of the molecule is Fc1ccc(F)c(CC(CNC2CC2)c2ccccc2)c1. The lowest BCUT2D eigenvalue weighted by atomic mass is 9.91. The molecular formula is C18H19F2N. The highest BCUT2D eigenvalue weighted by atomic mass is 19.1. The van der Waals surface area contributed by atoms with Crippen LogP contribution in [0.3, 0.4) is 0 Å². The number of benzene rings is 2. The van der Waals surface area contributed by atoms with Crippen LogP contribution in [-0.2, 0) is 6.42 Å². The summed E-state index contributed by atoms with van der Waals surface area (Å²) in [7, 11) is 0. The van der Waals surface area contributed by atoms with Crippen molar-refractivity contribution in [1.29, 1.82) is 0 Å². The number of nitrogens with one attached hydrogen (secondary N) is 1. The Hall–Kier alpha value is -1.74. The van der Waals surface area contributed by atoms with E-state index in [1.54, 1.807) is 0 Å². The highest BCUT2D eigenvalue weighted by Crippen LogP contribution is 2.25. The average Bonchev–Trinajstić information content (AvgIpc) is 3.32. The van der Waals surface area contributed by atoms with E-state index in [1.807, 2.05) is 18.2 Å². The van der Waals surface area contributed by atoms with E-state index in [9.17, 15) is 8.78 Å². The van der Waals surface area contributed by atoms with Gasteiger partial charge in [-0.25, -0.2) is 8.78 Å². The van der Waals surface area contributed by atoms with Gasteiger partial charge in [-0.05, 0) is 48.6 Å². The summed E-state index contributed by atoms with van der Waals surface area (Å²) in [6.45, 7) is 0.796. The highest BCUT2D eigenvalue weighted by molar-refractivity contribution is 5.26. The first-order chi connectivity index (χ1) is 10.2. The van der Waals surface area contributed by atoms with Gasteiger partial charge in [0.05, 0.1) is 0 Å². The molecule has 0 amide bonds. The molecule has 2 aromatic rings. The molecule has 0 spiro atoms. The van der Waals surface area contributed by atoms with Gasteiger partial charge >= 0.3 is 0 Å². The first-order valence-electron chi connectivity index (χ1n) is 7.44. The lowest BCUT2D eigenvalue weighted by Crippen LogP contribution is -2.25. The number of halogens is 2. The normalized spacial score (nSPS) is 15.9. The van der Waals surface area contributed by atoms with Crippen LogP contribution in [0.5, 0.6) is 0 Å². The summed E-state index contributed by atoms with van der Waals surface area (Å²) in [6, 6.07) is 14.3. The minimum atomic E-state index is -0.381. The van der Waals surface area contributed by atoms with Crippen molar-refractivity contribution in [2.75, 3.05) is 6.54 Å². The standard InChI is InChI=1S/C18H19F2N/c19-16-6-9-18(20)14(11-16)10-15(12-21-17-7-8-17)13-4-2-1-3-5-13/h1-6,9,11,15,17,21H,7-8,10,12H2. The molecule has 1 aliphatic carbocycles. The Balaban J connectivity index is 1.78. The fourth-order valence-corrected chi connectivity index (χ4v) is 2.59. The molecule has 1 fully saturated rings. The third kappa shape index (κ3) is 3.88. The van der Waals surface area contributed by atoms with Crippen LogP contribution in [0, 0.1) is 11.6 Å². The fourth-order valence-electron chi connectivity index (χ4n) is 2.59. The molecule has 110 valence electrons. The molecule has 0 aliphatic heterocycles. The molecule has 0 bridgehead atoms. The highest BCUT2D eigenvalue weighted by Gasteiger charge is 2.23. The van der Waals surface area contributed by atoms with Crippen molar-refractivity contribution >= 4 is 0 Å². The molecular weight excluding hydrogens is 268 g/mol. The zero-order valence-corrected chi connectivity index (χ0v) is 11.9. The van der Waals surface area contributed by atoms with Gasteiger partial charge in [0, 0.05) is 18.5 Å². The Morgan fingerprint density at radius 3 is 2.52 bits per heavy atom. The van der Waals surface area contributed by atoms with Gasteiger partial charge in [-0.3, -0.25) is 0 Å². The van der Waals surface area contributed by atoms with Crippen LogP contribution in [0.1, 0.15) is 29.9 Å². The first kappa shape index (κ1) is 14.2. The van der Waals surface area contributed by atoms with Gasteiger partial charge in [-0.1, -0.05) is 30.3 Å². The van der Waals surface area contributed by atoms with Crippen LogP contribution in [0.15, 0.2) is 48.5 Å². The number of hydrogen-bond donors (Lipinski definition) is 1. The lowest BCUT2D eigenvalue weighted by molar-refractivity contribution is 0.544. The van der Waals surface area contributed by atoms with Crippen LogP contribution in [0.2, 0.25) is 0 Å². The first-order valence-corrected chi connectivity index (χ1v) is 7.44. The summed E-state index contributed by atoms with van der Waals surface area (Å²) in [5.41, 5.74) is 1.61. The van der Waals surface area contributed by atoms with Crippen LogP contribution < -0.4 is 5.32 Å². The van der Waals surface area contributed by atoms with Gasteiger partial charge in [0.25, 0.3) is 0 Å². The van der Waals surface area contributed by atoms with Crippen LogP contribution in [0.25, 0.3) is 0 Å². The van der Waals surface area contributed by atoms with E-state index >= 15 is 0 Å². The summed E-state index contributed by atoms with van der Waals surface area (Å²) in [4.78, 5) is 0. The topological polar surface area (TPSA) is 12.0 Å². The molecule has 1 nitrogen and oxygen atoms in total. The van der Waals surface area contributed by atoms with E-state index in [0.29, 0.717) is 18.0 Å². The van der Waals surface area contributed by atoms with Gasteiger partial charge in [-0.2, -0.15) is 0 Å². The van der Waals surface area contributed by atoms with Gasteiger partial charge in [0.15, 0.2) is 0 Å². The van der Waals surface area contributed by atoms with E-state index in [0.717, 1.165) is 12.1 Å². The number of hydrogen-bond acceptors (Lipinski definition) is 1. The van der Waals surface area contributed by atoms with Crippen molar-refractivity contribution in [2.24, 2.45) is 0 Å². The molecule has 0 radical (unpaired) electrons. The molecule has 21 heavy (non-hydrogen) atoms. The van der Waals surface area contributed by atoms with Crippen LogP contribution >= 0.6 is 0 Å². The summed E-state index contributed by atoms with van der Waals surface area (Å²) in [6.07, 6.45) is 2.94. The van der Waals surface area contributed by atoms with Gasteiger partial charge in [0.1, 0.15) is 11.6 Å². The molecule has 1 saturated carbocycles. The van der Waals surface area contributed by atoms with Gasteiger partial charge < -0.3 is 5.32 Å². The Bertz CT molecular complexity index is 593. The van der Waals surface area contributed by atoms with Crippen molar-refractivity contribution in [1.82, 2.24) is 5.32 Å². The summed E-state index contributed by atoms with van der Waals surface area (Å²) < 4.78 is 27.2. The summed E-state index contributed by atoms with van der Waals surface area (Å²) >= 11 is 0. The minimum Gasteiger partial charge on any atom is -0.313 e. The maximum Gasteiger partial charge on any atom is 0.126 e. The second-order valence-corrected chi connectivity index (χ2v) is 5.73. The minimum absolute atomic E-state index is 0.156. The third-order valence-electron chi connectivity index (χ3n) is 3.98. The smallest absolute Gasteiger partial charge is 0.126 e. The Morgan fingerprint density at radius 2 is 1.81 bits per heavy atom. The predicted octanol–water partition coefficient (Wildman–Crippen LogP) is 4.04. The molecule has 1 aliphatic rings. The van der Waals surface area contributed by atoms with Crippen molar-refractivity contribution in [2.45, 2.75) is 31.2 Å². The molecule has 0 heterocycles. The lowest BCUT2D eigenvalue weighted by Gasteiger charge is -2.19. The molecule has 1 atom stereocenters. The zero-order chi connectivity index (χ0) is 14.7. The second-order valence-electron chi connectivity index (χ2n) is 5.73. The number of rotatable bonds is 6. The quantitative estimate of drug-likeness (QED) is 0.845. The second kappa shape index (κ2) is 6.35. The molecule has 0 saturated heterocycles. The largest absolute Gasteiger partial charge is 0.313 e. The summed E-state index contributed by atoms with van der Waals surface area (Å²) in [5, 5.41) is 3.49. The van der Waals surface area contributed by atoms with Crippen molar-refractivity contribution in [3.63, 3.8) is 0 Å². The van der Waals surface area contributed by atoms with Crippen LogP contribution in [0.4, 0.5) is 8.78 Å². The van der Waals surface area contributed by atoms with E-state index in [4.69, 9.17) is 0 Å². The van der Waals surface area contributed by atoms with E-state index in [-0.39, 0.29) is 17.6 Å². The third-order valence-corrected chi connectivity index (χ3v) is 3.98. The monoisotopic (exact) mass is 287 g/mol. The fraction of sp³-hybridized carbons (Fsp3) is 0.333. The van der Waals surface area contributed by atoms with Gasteiger partial charge in [0.2, 0.25) is 0 Å². The predicted molar refractivity (Wildman–Crippen MR) is 80.3 cm³/mol. The van der Waals surface area contributed by atoms with E-state index < -0.39 is 0 Å². The zero-order valence-electron chi connectivity index (χ0n) is 11.9. The maximum atomic E-state index is 13.9. The maximum absolute atomic E-state index is 13.9. The summed E-state index contributed by atoms with van der Waals surface area (Å²) in [5.74, 6) is -0.555. The molecule has 3 heteroatoms. The Labute approximate surface area is 124 Å². The van der Waals surface area contributed by atoms with Crippen molar-refractivity contribution in [3.8, 4) is 0 Å². The molecule has 1 unspecified atom stereocenters. The molecule has 1 N–H and O–H groups in total. The van der Waals surface area contributed by atoms with Crippen molar-refractivity contribution < 1.29 is 8.78 Å². The van der Waals surface area contributed by atoms with Crippen LogP contribution in [-0.4, -0.2) is 12.6 Å². The Kier molecular flexibility index (Phi) is 4.30.